The van der Waals surface area contributed by atoms with E-state index in [0.717, 1.165) is 25.2 Å². The van der Waals surface area contributed by atoms with E-state index in [9.17, 15) is 0 Å². The zero-order valence-corrected chi connectivity index (χ0v) is 13.3. The summed E-state index contributed by atoms with van der Waals surface area (Å²) >= 11 is 0. The molecule has 1 atom stereocenters. The van der Waals surface area contributed by atoms with E-state index >= 15 is 0 Å². The molecule has 2 radical (unpaired) electrons. The number of allylic oxidation sites excluding steroid dienone is 2. The van der Waals surface area contributed by atoms with E-state index in [1.807, 2.05) is 0 Å². The third-order valence-electron chi connectivity index (χ3n) is 3.96. The van der Waals surface area contributed by atoms with Crippen molar-refractivity contribution in [3.8, 4) is 0 Å². The smallest absolute Gasteiger partial charge is 0.0351 e. The van der Waals surface area contributed by atoms with Crippen LogP contribution in [0.2, 0.25) is 0 Å². The summed E-state index contributed by atoms with van der Waals surface area (Å²) in [4.78, 5) is 0. The van der Waals surface area contributed by atoms with E-state index in [4.69, 9.17) is 0 Å². The second-order valence-corrected chi connectivity index (χ2v) is 5.73. The molecular weight excluding hydrogens is 228 g/mol. The lowest BCUT2D eigenvalue weighted by molar-refractivity contribution is 0.403. The van der Waals surface area contributed by atoms with Crippen molar-refractivity contribution in [2.75, 3.05) is 0 Å². The summed E-state index contributed by atoms with van der Waals surface area (Å²) in [5, 5.41) is 0. The highest BCUT2D eigenvalue weighted by atomic mass is 14.1. The van der Waals surface area contributed by atoms with Crippen LogP contribution in [0.4, 0.5) is 0 Å². The second-order valence-electron chi connectivity index (χ2n) is 5.73. The van der Waals surface area contributed by atoms with Gasteiger partial charge >= 0.3 is 0 Å². The fraction of sp³-hybridized carbons (Fsp3) is 0.789. The first-order valence-electron chi connectivity index (χ1n) is 8.58. The molecule has 0 heterocycles. The van der Waals surface area contributed by atoms with Gasteiger partial charge in [-0.3, -0.25) is 0 Å². The van der Waals surface area contributed by atoms with Crippen molar-refractivity contribution < 1.29 is 0 Å². The number of hydrogen-bond donors (Lipinski definition) is 0. The Balaban J connectivity index is 3.39. The van der Waals surface area contributed by atoms with E-state index in [2.05, 4.69) is 32.9 Å². The highest BCUT2D eigenvalue weighted by Gasteiger charge is 2.05. The van der Waals surface area contributed by atoms with Crippen molar-refractivity contribution in [1.29, 1.82) is 0 Å². The van der Waals surface area contributed by atoms with Crippen LogP contribution >= 0.6 is 0 Å². The lowest BCUT2D eigenvalue weighted by Crippen LogP contribution is -1.98. The van der Waals surface area contributed by atoms with Gasteiger partial charge in [0.1, 0.15) is 0 Å². The van der Waals surface area contributed by atoms with Gasteiger partial charge in [0.2, 0.25) is 0 Å². The average molecular weight is 264 g/mol. The standard InChI is InChI=1S/C19H36/c1-4-7-9-11-13-15-17-19(6-3)18-16-14-12-10-8-5-2/h9,11,19H,1-2,4-8,10,12-18H2,3H3/b11-9+. The first-order valence-corrected chi connectivity index (χ1v) is 8.58. The fourth-order valence-electron chi connectivity index (χ4n) is 2.57. The summed E-state index contributed by atoms with van der Waals surface area (Å²) in [7, 11) is 0. The maximum absolute atomic E-state index is 3.90. The molecule has 0 aliphatic heterocycles. The van der Waals surface area contributed by atoms with Gasteiger partial charge in [0.05, 0.1) is 0 Å². The fourth-order valence-corrected chi connectivity index (χ4v) is 2.57. The number of unbranched alkanes of at least 4 members (excludes halogenated alkanes) is 7. The van der Waals surface area contributed by atoms with Gasteiger partial charge in [0.15, 0.2) is 0 Å². The van der Waals surface area contributed by atoms with Crippen molar-refractivity contribution in [2.24, 2.45) is 5.92 Å². The summed E-state index contributed by atoms with van der Waals surface area (Å²) in [6.07, 6.45) is 21.8. The van der Waals surface area contributed by atoms with Gasteiger partial charge in [-0.1, -0.05) is 90.7 Å². The molecule has 0 amide bonds. The van der Waals surface area contributed by atoms with Crippen LogP contribution in [0.1, 0.15) is 90.4 Å². The quantitative estimate of drug-likeness (QED) is 0.236. The van der Waals surface area contributed by atoms with Crippen molar-refractivity contribution >= 4 is 0 Å². The molecule has 0 spiro atoms. The molecule has 0 saturated heterocycles. The van der Waals surface area contributed by atoms with Crippen molar-refractivity contribution in [3.63, 3.8) is 0 Å². The Morgan fingerprint density at radius 3 is 2.05 bits per heavy atom. The van der Waals surface area contributed by atoms with Crippen LogP contribution in [-0.4, -0.2) is 0 Å². The molecule has 112 valence electrons. The SMILES string of the molecule is [CH2]CC/C=C/CCCC(CC)CCCCCCC[CH2]. The van der Waals surface area contributed by atoms with E-state index in [1.165, 1.54) is 64.2 Å². The molecule has 0 bridgehead atoms. The average Bonchev–Trinajstić information content (AvgIpc) is 2.44. The maximum atomic E-state index is 3.90. The van der Waals surface area contributed by atoms with Gasteiger partial charge in [0, 0.05) is 0 Å². The van der Waals surface area contributed by atoms with Crippen LogP contribution in [0.25, 0.3) is 0 Å². The van der Waals surface area contributed by atoms with E-state index in [1.54, 1.807) is 0 Å². The highest BCUT2D eigenvalue weighted by Crippen LogP contribution is 2.20. The predicted molar refractivity (Wildman–Crippen MR) is 89.0 cm³/mol. The molecule has 0 aromatic rings. The monoisotopic (exact) mass is 264 g/mol. The summed E-state index contributed by atoms with van der Waals surface area (Å²) in [5.74, 6) is 0.967. The van der Waals surface area contributed by atoms with Crippen molar-refractivity contribution in [1.82, 2.24) is 0 Å². The van der Waals surface area contributed by atoms with E-state index in [0.29, 0.717) is 0 Å². The Kier molecular flexibility index (Phi) is 15.6. The first kappa shape index (κ1) is 18.7. The molecule has 0 nitrogen and oxygen atoms in total. The van der Waals surface area contributed by atoms with Crippen molar-refractivity contribution in [3.05, 3.63) is 26.0 Å². The molecule has 19 heavy (non-hydrogen) atoms. The molecule has 0 aliphatic carbocycles. The normalized spacial score (nSPS) is 13.2. The largest absolute Gasteiger partial charge is 0.0885 e. The lowest BCUT2D eigenvalue weighted by atomic mass is 9.93. The first-order chi connectivity index (χ1) is 9.35. The molecule has 0 saturated carbocycles. The molecule has 1 unspecified atom stereocenters. The predicted octanol–water partition coefficient (Wildman–Crippen LogP) is 6.92. The van der Waals surface area contributed by atoms with Crippen molar-refractivity contribution in [2.45, 2.75) is 90.4 Å². The van der Waals surface area contributed by atoms with E-state index in [-0.39, 0.29) is 0 Å². The van der Waals surface area contributed by atoms with Crippen LogP contribution in [0.5, 0.6) is 0 Å². The third kappa shape index (κ3) is 14.0. The summed E-state index contributed by atoms with van der Waals surface area (Å²) in [5.41, 5.74) is 0. The summed E-state index contributed by atoms with van der Waals surface area (Å²) in [6, 6.07) is 0. The minimum absolute atomic E-state index is 0.967. The van der Waals surface area contributed by atoms with Crippen LogP contribution in [0.15, 0.2) is 12.2 Å². The lowest BCUT2D eigenvalue weighted by Gasteiger charge is -2.13. The molecular formula is C19H36. The Morgan fingerprint density at radius 1 is 0.737 bits per heavy atom. The summed E-state index contributed by atoms with van der Waals surface area (Å²) in [6.45, 7) is 10.1. The number of rotatable bonds is 14. The van der Waals surface area contributed by atoms with Crippen LogP contribution in [0, 0.1) is 19.8 Å². The van der Waals surface area contributed by atoms with Gasteiger partial charge in [-0.05, 0) is 31.6 Å². The molecule has 0 fully saturated rings. The second kappa shape index (κ2) is 15.8. The highest BCUT2D eigenvalue weighted by molar-refractivity contribution is 4.81. The topological polar surface area (TPSA) is 0 Å². The Labute approximate surface area is 123 Å². The Hall–Kier alpha value is -0.260. The van der Waals surface area contributed by atoms with Gasteiger partial charge in [0.25, 0.3) is 0 Å². The molecule has 0 aliphatic rings. The zero-order valence-electron chi connectivity index (χ0n) is 13.3. The van der Waals surface area contributed by atoms with Gasteiger partial charge in [-0.15, -0.1) is 0 Å². The Morgan fingerprint density at radius 2 is 1.37 bits per heavy atom. The van der Waals surface area contributed by atoms with Gasteiger partial charge < -0.3 is 0 Å². The Bertz CT molecular complexity index is 180. The van der Waals surface area contributed by atoms with Crippen LogP contribution < -0.4 is 0 Å². The van der Waals surface area contributed by atoms with Gasteiger partial charge in [-0.2, -0.15) is 0 Å². The minimum atomic E-state index is 0.967. The number of hydrogen-bond acceptors (Lipinski definition) is 0. The summed E-state index contributed by atoms with van der Waals surface area (Å²) < 4.78 is 0. The van der Waals surface area contributed by atoms with E-state index < -0.39 is 0 Å². The molecule has 0 aromatic heterocycles. The third-order valence-corrected chi connectivity index (χ3v) is 3.96. The maximum Gasteiger partial charge on any atom is -0.0351 e. The molecule has 0 heteroatoms. The molecule has 0 aromatic carbocycles. The van der Waals surface area contributed by atoms with Crippen LogP contribution in [-0.2, 0) is 0 Å². The van der Waals surface area contributed by atoms with Crippen LogP contribution in [0.3, 0.4) is 0 Å². The zero-order chi connectivity index (χ0) is 14.2. The molecule has 0 rings (SSSR count). The van der Waals surface area contributed by atoms with Gasteiger partial charge in [-0.25, -0.2) is 0 Å². The molecule has 0 N–H and O–H groups in total. The minimum Gasteiger partial charge on any atom is -0.0885 e.